The van der Waals surface area contributed by atoms with Crippen LogP contribution < -0.4 is 15.8 Å². The van der Waals surface area contributed by atoms with E-state index in [0.29, 0.717) is 25.3 Å². The van der Waals surface area contributed by atoms with Crippen LogP contribution in [0.2, 0.25) is 0 Å². The predicted octanol–water partition coefficient (Wildman–Crippen LogP) is 2.49. The highest BCUT2D eigenvalue weighted by Gasteiger charge is 2.08. The van der Waals surface area contributed by atoms with Crippen LogP contribution in [0.15, 0.2) is 54.7 Å². The minimum Gasteiger partial charge on any atom is -0.492 e. The topological polar surface area (TPSA) is 80.1 Å². The van der Waals surface area contributed by atoms with Gasteiger partial charge < -0.3 is 20.8 Å². The minimum atomic E-state index is -0.0179. The molecule has 5 nitrogen and oxygen atoms in total. The Kier molecular flexibility index (Phi) is 4.47. The van der Waals surface area contributed by atoms with E-state index in [-0.39, 0.29) is 5.91 Å². The number of aromatic amines is 1. The van der Waals surface area contributed by atoms with E-state index in [9.17, 15) is 4.79 Å². The van der Waals surface area contributed by atoms with Crippen molar-refractivity contribution < 1.29 is 9.53 Å². The van der Waals surface area contributed by atoms with Crippen molar-refractivity contribution in [2.45, 2.75) is 6.42 Å². The maximum atomic E-state index is 12.0. The molecule has 0 aliphatic carbocycles. The van der Waals surface area contributed by atoms with E-state index in [0.717, 1.165) is 22.2 Å². The summed E-state index contributed by atoms with van der Waals surface area (Å²) in [5.41, 5.74) is 8.35. The molecule has 0 aliphatic rings. The molecule has 0 bridgehead atoms. The maximum absolute atomic E-state index is 12.0. The fourth-order valence-electron chi connectivity index (χ4n) is 2.44. The highest BCUT2D eigenvalue weighted by atomic mass is 16.5. The Hall–Kier alpha value is -2.95. The Balaban J connectivity index is 1.45. The van der Waals surface area contributed by atoms with Crippen molar-refractivity contribution in [2.75, 3.05) is 18.9 Å². The van der Waals surface area contributed by atoms with Gasteiger partial charge in [0.25, 0.3) is 0 Å². The minimum absolute atomic E-state index is 0.0179. The number of ether oxygens (including phenoxy) is 1. The van der Waals surface area contributed by atoms with Crippen molar-refractivity contribution >= 4 is 22.5 Å². The fourth-order valence-corrected chi connectivity index (χ4v) is 2.44. The zero-order valence-corrected chi connectivity index (χ0v) is 12.7. The number of rotatable bonds is 6. The van der Waals surface area contributed by atoms with Gasteiger partial charge in [0.15, 0.2) is 0 Å². The van der Waals surface area contributed by atoms with Crippen molar-refractivity contribution in [3.8, 4) is 5.75 Å². The maximum Gasteiger partial charge on any atom is 0.224 e. The second-order valence-corrected chi connectivity index (χ2v) is 5.30. The first-order valence-corrected chi connectivity index (χ1v) is 7.52. The van der Waals surface area contributed by atoms with Crippen LogP contribution in [-0.4, -0.2) is 24.0 Å². The van der Waals surface area contributed by atoms with E-state index in [1.165, 1.54) is 0 Å². The number of hydrogen-bond donors (Lipinski definition) is 3. The Morgan fingerprint density at radius 2 is 1.91 bits per heavy atom. The van der Waals surface area contributed by atoms with E-state index in [2.05, 4.69) is 10.3 Å². The first-order valence-electron chi connectivity index (χ1n) is 7.52. The third-order valence-corrected chi connectivity index (χ3v) is 3.60. The average molecular weight is 309 g/mol. The van der Waals surface area contributed by atoms with Crippen LogP contribution in [0.1, 0.15) is 5.56 Å². The molecule has 5 heteroatoms. The molecule has 23 heavy (non-hydrogen) atoms. The summed E-state index contributed by atoms with van der Waals surface area (Å²) in [6.07, 6.45) is 2.24. The number of para-hydroxylation sites is 1. The SMILES string of the molecule is Nc1ccc(OCCNC(=O)Cc2c[nH]c3ccccc23)cc1. The van der Waals surface area contributed by atoms with Gasteiger partial charge in [-0.1, -0.05) is 18.2 Å². The van der Waals surface area contributed by atoms with Crippen LogP contribution in [0.25, 0.3) is 10.9 Å². The lowest BCUT2D eigenvalue weighted by molar-refractivity contribution is -0.120. The van der Waals surface area contributed by atoms with Gasteiger partial charge in [0.05, 0.1) is 13.0 Å². The smallest absolute Gasteiger partial charge is 0.224 e. The van der Waals surface area contributed by atoms with Crippen LogP contribution >= 0.6 is 0 Å². The molecule has 118 valence electrons. The number of H-pyrrole nitrogens is 1. The Bertz CT molecular complexity index is 793. The molecule has 0 unspecified atom stereocenters. The Morgan fingerprint density at radius 1 is 1.13 bits per heavy atom. The number of nitrogen functional groups attached to an aromatic ring is 1. The molecule has 3 aromatic rings. The van der Waals surface area contributed by atoms with Crippen LogP contribution in [0.3, 0.4) is 0 Å². The van der Waals surface area contributed by atoms with Crippen LogP contribution in [0.5, 0.6) is 5.75 Å². The van der Waals surface area contributed by atoms with E-state index < -0.39 is 0 Å². The third kappa shape index (κ3) is 3.83. The molecular weight excluding hydrogens is 290 g/mol. The number of fused-ring (bicyclic) bond motifs is 1. The summed E-state index contributed by atoms with van der Waals surface area (Å²) in [6, 6.07) is 15.1. The number of carbonyl (C=O) groups excluding carboxylic acids is 1. The zero-order chi connectivity index (χ0) is 16.1. The van der Waals surface area contributed by atoms with E-state index >= 15 is 0 Å². The van der Waals surface area contributed by atoms with Gasteiger partial charge in [0, 0.05) is 22.8 Å². The molecule has 4 N–H and O–H groups in total. The van der Waals surface area contributed by atoms with Crippen molar-refractivity contribution in [3.05, 3.63) is 60.3 Å². The summed E-state index contributed by atoms with van der Waals surface area (Å²) in [5, 5.41) is 3.95. The standard InChI is InChI=1S/C18H19N3O2/c19-14-5-7-15(8-6-14)23-10-9-20-18(22)11-13-12-21-17-4-2-1-3-16(13)17/h1-8,12,21H,9-11,19H2,(H,20,22). The monoisotopic (exact) mass is 309 g/mol. The number of benzene rings is 2. The first-order chi connectivity index (χ1) is 11.2. The summed E-state index contributed by atoms with van der Waals surface area (Å²) in [7, 11) is 0. The average Bonchev–Trinajstić information content (AvgIpc) is 2.96. The fraction of sp³-hybridized carbons (Fsp3) is 0.167. The predicted molar refractivity (Wildman–Crippen MR) is 91.4 cm³/mol. The summed E-state index contributed by atoms with van der Waals surface area (Å²) in [4.78, 5) is 15.2. The second kappa shape index (κ2) is 6.87. The second-order valence-electron chi connectivity index (χ2n) is 5.30. The summed E-state index contributed by atoms with van der Waals surface area (Å²) in [6.45, 7) is 0.884. The van der Waals surface area contributed by atoms with E-state index in [4.69, 9.17) is 10.5 Å². The molecule has 0 radical (unpaired) electrons. The molecule has 0 spiro atoms. The molecule has 3 rings (SSSR count). The summed E-state index contributed by atoms with van der Waals surface area (Å²) in [5.74, 6) is 0.723. The Labute approximate surface area is 134 Å². The van der Waals surface area contributed by atoms with Gasteiger partial charge in [-0.05, 0) is 35.9 Å². The first kappa shape index (κ1) is 15.0. The normalized spacial score (nSPS) is 10.6. The highest BCUT2D eigenvalue weighted by molar-refractivity contribution is 5.88. The summed E-state index contributed by atoms with van der Waals surface area (Å²) >= 11 is 0. The molecule has 1 aromatic heterocycles. The van der Waals surface area contributed by atoms with Gasteiger partial charge in [-0.25, -0.2) is 0 Å². The van der Waals surface area contributed by atoms with Gasteiger partial charge in [-0.15, -0.1) is 0 Å². The number of nitrogens with one attached hydrogen (secondary N) is 2. The van der Waals surface area contributed by atoms with Crippen LogP contribution in [-0.2, 0) is 11.2 Å². The van der Waals surface area contributed by atoms with Gasteiger partial charge in [-0.2, -0.15) is 0 Å². The van der Waals surface area contributed by atoms with E-state index in [1.54, 1.807) is 12.1 Å². The van der Waals surface area contributed by atoms with E-state index in [1.807, 2.05) is 42.6 Å². The zero-order valence-electron chi connectivity index (χ0n) is 12.7. The molecule has 0 fully saturated rings. The quantitative estimate of drug-likeness (QED) is 0.483. The van der Waals surface area contributed by atoms with Gasteiger partial charge in [0.1, 0.15) is 12.4 Å². The van der Waals surface area contributed by atoms with Crippen LogP contribution in [0.4, 0.5) is 5.69 Å². The van der Waals surface area contributed by atoms with Crippen molar-refractivity contribution in [1.29, 1.82) is 0 Å². The largest absolute Gasteiger partial charge is 0.492 e. The lowest BCUT2D eigenvalue weighted by atomic mass is 10.1. The van der Waals surface area contributed by atoms with Crippen LogP contribution in [0, 0.1) is 0 Å². The van der Waals surface area contributed by atoms with Gasteiger partial charge in [0.2, 0.25) is 5.91 Å². The number of hydrogen-bond acceptors (Lipinski definition) is 3. The van der Waals surface area contributed by atoms with Gasteiger partial charge in [-0.3, -0.25) is 4.79 Å². The summed E-state index contributed by atoms with van der Waals surface area (Å²) < 4.78 is 5.54. The molecule has 1 amide bonds. The number of nitrogens with two attached hydrogens (primary N) is 1. The molecule has 0 aliphatic heterocycles. The number of carbonyl (C=O) groups is 1. The van der Waals surface area contributed by atoms with Crippen molar-refractivity contribution in [2.24, 2.45) is 0 Å². The third-order valence-electron chi connectivity index (χ3n) is 3.60. The molecule has 2 aromatic carbocycles. The van der Waals surface area contributed by atoms with Crippen molar-refractivity contribution in [3.63, 3.8) is 0 Å². The molecule has 0 atom stereocenters. The molecule has 0 saturated carbocycles. The molecular formula is C18H19N3O2. The lowest BCUT2D eigenvalue weighted by Gasteiger charge is -2.08. The molecule has 1 heterocycles. The van der Waals surface area contributed by atoms with Gasteiger partial charge >= 0.3 is 0 Å². The Morgan fingerprint density at radius 3 is 2.74 bits per heavy atom. The lowest BCUT2D eigenvalue weighted by Crippen LogP contribution is -2.29. The van der Waals surface area contributed by atoms with Crippen molar-refractivity contribution in [1.82, 2.24) is 10.3 Å². The number of amides is 1. The molecule has 0 saturated heterocycles. The number of anilines is 1. The number of aromatic nitrogens is 1. The highest BCUT2D eigenvalue weighted by Crippen LogP contribution is 2.18.